The normalized spacial score (nSPS) is 19.3. The van der Waals surface area contributed by atoms with Gasteiger partial charge in [0.25, 0.3) is 5.91 Å². The number of aromatic nitrogens is 4. The Hall–Kier alpha value is -2.67. The minimum atomic E-state index is 0.0299. The van der Waals surface area contributed by atoms with Crippen LogP contribution in [0.3, 0.4) is 0 Å². The summed E-state index contributed by atoms with van der Waals surface area (Å²) in [6, 6.07) is 5.90. The maximum Gasteiger partial charge on any atom is 0.257 e. The number of amides is 1. The lowest BCUT2D eigenvalue weighted by Gasteiger charge is -2.31. The fourth-order valence-corrected chi connectivity index (χ4v) is 4.38. The van der Waals surface area contributed by atoms with Gasteiger partial charge in [-0.05, 0) is 57.2 Å². The van der Waals surface area contributed by atoms with Crippen LogP contribution in [-0.4, -0.2) is 43.8 Å². The zero-order valence-corrected chi connectivity index (χ0v) is 17.9. The highest BCUT2D eigenvalue weighted by molar-refractivity contribution is 6.31. The molecule has 7 nitrogen and oxygen atoms in total. The van der Waals surface area contributed by atoms with Gasteiger partial charge in [-0.25, -0.2) is 4.68 Å². The van der Waals surface area contributed by atoms with E-state index in [2.05, 4.69) is 15.2 Å². The highest BCUT2D eigenvalue weighted by Gasteiger charge is 2.36. The summed E-state index contributed by atoms with van der Waals surface area (Å²) in [5.41, 5.74) is 3.60. The second-order valence-electron chi connectivity index (χ2n) is 8.33. The van der Waals surface area contributed by atoms with Gasteiger partial charge in [0.1, 0.15) is 0 Å². The van der Waals surface area contributed by atoms with Crippen LogP contribution in [0, 0.1) is 13.8 Å². The first kappa shape index (κ1) is 19.3. The number of carbonyl (C=O) groups excluding carboxylic acids is 1. The van der Waals surface area contributed by atoms with Crippen LogP contribution in [0.25, 0.3) is 5.69 Å². The standard InChI is InChI=1S/C22H24ClN5O2/c1-13-5-8-17(10-19(13)23)28-20(15-6-7-15)18(11-24-28)22(29)27-9-3-4-16(12-27)21-25-14(2)26-30-21/h5,8,10-11,15-16H,3-4,6-7,9,12H2,1-2H3. The lowest BCUT2D eigenvalue weighted by Crippen LogP contribution is -2.39. The van der Waals surface area contributed by atoms with E-state index in [4.69, 9.17) is 16.1 Å². The van der Waals surface area contributed by atoms with Crippen molar-refractivity contribution in [3.05, 3.63) is 58.0 Å². The van der Waals surface area contributed by atoms with E-state index in [-0.39, 0.29) is 11.8 Å². The van der Waals surface area contributed by atoms with E-state index >= 15 is 0 Å². The van der Waals surface area contributed by atoms with Gasteiger partial charge < -0.3 is 9.42 Å². The number of nitrogens with zero attached hydrogens (tertiary/aromatic N) is 5. The first-order valence-electron chi connectivity index (χ1n) is 10.4. The minimum absolute atomic E-state index is 0.0299. The van der Waals surface area contributed by atoms with E-state index < -0.39 is 0 Å². The molecule has 3 heterocycles. The van der Waals surface area contributed by atoms with Crippen LogP contribution in [0.5, 0.6) is 0 Å². The molecule has 0 spiro atoms. The third kappa shape index (κ3) is 3.51. The van der Waals surface area contributed by atoms with Crippen molar-refractivity contribution in [1.82, 2.24) is 24.8 Å². The van der Waals surface area contributed by atoms with Crippen LogP contribution < -0.4 is 0 Å². The van der Waals surface area contributed by atoms with Crippen LogP contribution in [0.15, 0.2) is 28.9 Å². The number of aryl methyl sites for hydroxylation is 2. The fraction of sp³-hybridized carbons (Fsp3) is 0.455. The number of piperidine rings is 1. The van der Waals surface area contributed by atoms with Crippen LogP contribution >= 0.6 is 11.6 Å². The van der Waals surface area contributed by atoms with E-state index in [1.165, 1.54) is 0 Å². The number of carbonyl (C=O) groups is 1. The summed E-state index contributed by atoms with van der Waals surface area (Å²) in [6.07, 6.45) is 5.73. The minimum Gasteiger partial charge on any atom is -0.339 e. The Morgan fingerprint density at radius 1 is 1.20 bits per heavy atom. The van der Waals surface area contributed by atoms with Gasteiger partial charge >= 0.3 is 0 Å². The Morgan fingerprint density at radius 2 is 2.03 bits per heavy atom. The predicted molar refractivity (Wildman–Crippen MR) is 112 cm³/mol. The lowest BCUT2D eigenvalue weighted by atomic mass is 9.97. The summed E-state index contributed by atoms with van der Waals surface area (Å²) < 4.78 is 7.25. The van der Waals surface area contributed by atoms with Crippen molar-refractivity contribution in [2.75, 3.05) is 13.1 Å². The molecular formula is C22H24ClN5O2. The quantitative estimate of drug-likeness (QED) is 0.618. The van der Waals surface area contributed by atoms with Crippen molar-refractivity contribution in [2.24, 2.45) is 0 Å². The monoisotopic (exact) mass is 425 g/mol. The van der Waals surface area contributed by atoms with Crippen LogP contribution in [0.4, 0.5) is 0 Å². The molecule has 1 amide bonds. The predicted octanol–water partition coefficient (Wildman–Crippen LogP) is 4.42. The SMILES string of the molecule is Cc1noc(C2CCCN(C(=O)c3cnn(-c4ccc(C)c(Cl)c4)c3C3CC3)C2)n1. The molecule has 0 radical (unpaired) electrons. The van der Waals surface area contributed by atoms with E-state index in [1.807, 2.05) is 41.6 Å². The molecule has 1 aromatic carbocycles. The molecular weight excluding hydrogens is 402 g/mol. The van der Waals surface area contributed by atoms with E-state index in [9.17, 15) is 4.79 Å². The van der Waals surface area contributed by atoms with E-state index in [0.717, 1.165) is 49.2 Å². The Bertz CT molecular complexity index is 1100. The van der Waals surface area contributed by atoms with E-state index in [1.54, 1.807) is 6.20 Å². The average molecular weight is 426 g/mol. The second kappa shape index (κ2) is 7.54. The zero-order chi connectivity index (χ0) is 20.8. The van der Waals surface area contributed by atoms with Gasteiger partial charge in [0, 0.05) is 24.0 Å². The molecule has 8 heteroatoms. The smallest absolute Gasteiger partial charge is 0.257 e. The number of hydrogen-bond donors (Lipinski definition) is 0. The topological polar surface area (TPSA) is 77.0 Å². The fourth-order valence-electron chi connectivity index (χ4n) is 4.20. The molecule has 0 bridgehead atoms. The van der Waals surface area contributed by atoms with Crippen molar-refractivity contribution >= 4 is 17.5 Å². The van der Waals surface area contributed by atoms with Gasteiger partial charge in [-0.15, -0.1) is 0 Å². The Morgan fingerprint density at radius 3 is 2.73 bits per heavy atom. The third-order valence-corrected chi connectivity index (χ3v) is 6.41. The number of likely N-dealkylation sites (tertiary alicyclic amines) is 1. The lowest BCUT2D eigenvalue weighted by molar-refractivity contribution is 0.0694. The second-order valence-corrected chi connectivity index (χ2v) is 8.74. The maximum absolute atomic E-state index is 13.5. The summed E-state index contributed by atoms with van der Waals surface area (Å²) in [6.45, 7) is 5.11. The van der Waals surface area contributed by atoms with Gasteiger partial charge in [-0.1, -0.05) is 22.8 Å². The van der Waals surface area contributed by atoms with Crippen molar-refractivity contribution in [2.45, 2.75) is 51.4 Å². The summed E-state index contributed by atoms with van der Waals surface area (Å²) in [5.74, 6) is 1.73. The maximum atomic E-state index is 13.5. The molecule has 30 heavy (non-hydrogen) atoms. The number of rotatable bonds is 4. The molecule has 1 saturated heterocycles. The van der Waals surface area contributed by atoms with Gasteiger partial charge in [0.05, 0.1) is 29.1 Å². The first-order chi connectivity index (χ1) is 14.5. The highest BCUT2D eigenvalue weighted by atomic mass is 35.5. The summed E-state index contributed by atoms with van der Waals surface area (Å²) in [7, 11) is 0. The third-order valence-electron chi connectivity index (χ3n) is 6.00. The van der Waals surface area contributed by atoms with Crippen molar-refractivity contribution in [3.63, 3.8) is 0 Å². The highest BCUT2D eigenvalue weighted by Crippen LogP contribution is 2.43. The molecule has 1 atom stereocenters. The number of hydrogen-bond acceptors (Lipinski definition) is 5. The molecule has 2 aliphatic rings. The van der Waals surface area contributed by atoms with E-state index in [0.29, 0.717) is 34.8 Å². The molecule has 5 rings (SSSR count). The Balaban J connectivity index is 1.44. The molecule has 1 saturated carbocycles. The summed E-state index contributed by atoms with van der Waals surface area (Å²) in [4.78, 5) is 19.8. The number of benzene rings is 1. The molecule has 2 aromatic heterocycles. The van der Waals surface area contributed by atoms with Crippen LogP contribution in [0.1, 0.15) is 70.8 Å². The van der Waals surface area contributed by atoms with Gasteiger partial charge in [0.15, 0.2) is 5.82 Å². The van der Waals surface area contributed by atoms with Crippen molar-refractivity contribution in [1.29, 1.82) is 0 Å². The molecule has 1 aliphatic heterocycles. The van der Waals surface area contributed by atoms with Crippen LogP contribution in [-0.2, 0) is 0 Å². The molecule has 2 fully saturated rings. The van der Waals surface area contributed by atoms with Gasteiger partial charge in [0.2, 0.25) is 5.89 Å². The molecule has 3 aromatic rings. The summed E-state index contributed by atoms with van der Waals surface area (Å²) >= 11 is 6.34. The Labute approximate surface area is 180 Å². The summed E-state index contributed by atoms with van der Waals surface area (Å²) in [5, 5.41) is 9.19. The zero-order valence-electron chi connectivity index (χ0n) is 17.1. The Kier molecular flexibility index (Phi) is 4.85. The van der Waals surface area contributed by atoms with Gasteiger partial charge in [-0.2, -0.15) is 10.1 Å². The molecule has 156 valence electrons. The molecule has 0 N–H and O–H groups in total. The largest absolute Gasteiger partial charge is 0.339 e. The molecule has 1 unspecified atom stereocenters. The van der Waals surface area contributed by atoms with Crippen LogP contribution in [0.2, 0.25) is 5.02 Å². The first-order valence-corrected chi connectivity index (χ1v) is 10.8. The number of halogens is 1. The van der Waals surface area contributed by atoms with Crippen molar-refractivity contribution in [3.8, 4) is 5.69 Å². The van der Waals surface area contributed by atoms with Gasteiger partial charge in [-0.3, -0.25) is 4.79 Å². The average Bonchev–Trinajstić information content (AvgIpc) is 3.34. The molecule has 1 aliphatic carbocycles. The van der Waals surface area contributed by atoms with Crippen molar-refractivity contribution < 1.29 is 9.32 Å².